The SMILES string of the molecule is O=C(O)c1cnc(N2C3CC[C@H]2CC(OCc2c(-c4ccccc4)noc2C2CC2)C3)cc1Cl. The number of ether oxygens (including phenoxy) is 1. The molecule has 8 heteroatoms. The molecule has 3 aromatic rings. The Morgan fingerprint density at radius 2 is 1.88 bits per heavy atom. The number of hydrogen-bond acceptors (Lipinski definition) is 6. The number of carbonyl (C=O) groups is 1. The lowest BCUT2D eigenvalue weighted by Gasteiger charge is -2.39. The predicted octanol–water partition coefficient (Wildman–Crippen LogP) is 5.68. The van der Waals surface area contributed by atoms with Crippen molar-refractivity contribution in [1.82, 2.24) is 10.1 Å². The Hall–Kier alpha value is -2.90. The number of nitrogens with zero attached hydrogens (tertiary/aromatic N) is 3. The van der Waals surface area contributed by atoms with Crippen LogP contribution in [0.25, 0.3) is 11.3 Å². The fourth-order valence-electron chi connectivity index (χ4n) is 5.51. The van der Waals surface area contributed by atoms with Crippen LogP contribution >= 0.6 is 11.6 Å². The third-order valence-corrected chi connectivity index (χ3v) is 7.61. The lowest BCUT2D eigenvalue weighted by atomic mass is 9.99. The molecule has 1 aliphatic carbocycles. The van der Waals surface area contributed by atoms with Crippen LogP contribution in [-0.2, 0) is 11.3 Å². The summed E-state index contributed by atoms with van der Waals surface area (Å²) in [5.74, 6) is 1.14. The molecule has 7 nitrogen and oxygen atoms in total. The maximum absolute atomic E-state index is 11.3. The monoisotopic (exact) mass is 479 g/mol. The highest BCUT2D eigenvalue weighted by atomic mass is 35.5. The number of carboxylic acids is 1. The number of anilines is 1. The van der Waals surface area contributed by atoms with Gasteiger partial charge in [0.05, 0.1) is 23.3 Å². The number of carboxylic acid groups (broad SMARTS) is 1. The van der Waals surface area contributed by atoms with E-state index in [1.165, 1.54) is 6.20 Å². The molecule has 3 fully saturated rings. The van der Waals surface area contributed by atoms with Gasteiger partial charge >= 0.3 is 5.97 Å². The Bertz CT molecular complexity index is 1200. The topological polar surface area (TPSA) is 88.7 Å². The van der Waals surface area contributed by atoms with Gasteiger partial charge in [0.15, 0.2) is 0 Å². The van der Waals surface area contributed by atoms with E-state index in [2.05, 4.69) is 27.2 Å². The maximum Gasteiger partial charge on any atom is 0.338 e. The van der Waals surface area contributed by atoms with Crippen molar-refractivity contribution in [3.05, 3.63) is 64.5 Å². The van der Waals surface area contributed by atoms with Crippen molar-refractivity contribution in [3.8, 4) is 11.3 Å². The van der Waals surface area contributed by atoms with E-state index in [9.17, 15) is 9.90 Å². The Labute approximate surface area is 202 Å². The van der Waals surface area contributed by atoms with E-state index in [0.717, 1.165) is 66.9 Å². The fourth-order valence-corrected chi connectivity index (χ4v) is 5.74. The molecule has 2 aromatic heterocycles. The number of halogens is 1. The molecule has 0 radical (unpaired) electrons. The summed E-state index contributed by atoms with van der Waals surface area (Å²) in [6.07, 6.45) is 7.75. The van der Waals surface area contributed by atoms with E-state index < -0.39 is 5.97 Å². The average Bonchev–Trinajstić information content (AvgIpc) is 3.54. The average molecular weight is 480 g/mol. The number of benzene rings is 1. The molecular weight excluding hydrogens is 454 g/mol. The van der Waals surface area contributed by atoms with Crippen molar-refractivity contribution in [2.75, 3.05) is 4.90 Å². The largest absolute Gasteiger partial charge is 0.478 e. The molecule has 176 valence electrons. The molecule has 3 aliphatic rings. The van der Waals surface area contributed by atoms with E-state index in [4.69, 9.17) is 20.9 Å². The highest BCUT2D eigenvalue weighted by Gasteiger charge is 2.42. The Morgan fingerprint density at radius 3 is 2.53 bits per heavy atom. The molecule has 2 saturated heterocycles. The van der Waals surface area contributed by atoms with Gasteiger partial charge in [0.1, 0.15) is 17.3 Å². The van der Waals surface area contributed by atoms with Gasteiger partial charge in [-0.25, -0.2) is 9.78 Å². The van der Waals surface area contributed by atoms with Gasteiger partial charge in [-0.05, 0) is 38.5 Å². The Morgan fingerprint density at radius 1 is 1.15 bits per heavy atom. The van der Waals surface area contributed by atoms with Crippen molar-refractivity contribution in [2.45, 2.75) is 69.2 Å². The number of pyridine rings is 1. The van der Waals surface area contributed by atoms with Crippen LogP contribution in [-0.4, -0.2) is 39.4 Å². The van der Waals surface area contributed by atoms with Crippen LogP contribution in [0.5, 0.6) is 0 Å². The summed E-state index contributed by atoms with van der Waals surface area (Å²) in [7, 11) is 0. The smallest absolute Gasteiger partial charge is 0.338 e. The molecule has 34 heavy (non-hydrogen) atoms. The first-order chi connectivity index (χ1) is 16.6. The lowest BCUT2D eigenvalue weighted by Crippen LogP contribution is -2.46. The van der Waals surface area contributed by atoms with Crippen LogP contribution in [0.1, 0.15) is 66.1 Å². The van der Waals surface area contributed by atoms with Crippen LogP contribution in [0.2, 0.25) is 5.02 Å². The van der Waals surface area contributed by atoms with Gasteiger partial charge in [0.25, 0.3) is 0 Å². The summed E-state index contributed by atoms with van der Waals surface area (Å²) in [6, 6.07) is 12.5. The number of aromatic carboxylic acids is 1. The minimum Gasteiger partial charge on any atom is -0.478 e. The van der Waals surface area contributed by atoms with Crippen molar-refractivity contribution in [3.63, 3.8) is 0 Å². The molecule has 2 bridgehead atoms. The summed E-state index contributed by atoms with van der Waals surface area (Å²) in [5.41, 5.74) is 3.06. The second-order valence-corrected chi connectivity index (χ2v) is 9.95. The highest BCUT2D eigenvalue weighted by molar-refractivity contribution is 6.33. The quantitative estimate of drug-likeness (QED) is 0.466. The minimum atomic E-state index is -1.06. The van der Waals surface area contributed by atoms with Gasteiger partial charge in [-0.2, -0.15) is 0 Å². The van der Waals surface area contributed by atoms with Gasteiger partial charge in [-0.3, -0.25) is 0 Å². The molecule has 3 atom stereocenters. The molecule has 4 heterocycles. The van der Waals surface area contributed by atoms with Crippen molar-refractivity contribution in [1.29, 1.82) is 0 Å². The van der Waals surface area contributed by atoms with E-state index in [1.807, 2.05) is 18.2 Å². The number of piperidine rings is 1. The zero-order valence-corrected chi connectivity index (χ0v) is 19.4. The second-order valence-electron chi connectivity index (χ2n) is 9.54. The summed E-state index contributed by atoms with van der Waals surface area (Å²) < 4.78 is 12.3. The van der Waals surface area contributed by atoms with Crippen LogP contribution in [0, 0.1) is 0 Å². The van der Waals surface area contributed by atoms with Crippen molar-refractivity contribution >= 4 is 23.4 Å². The molecule has 1 N–H and O–H groups in total. The molecular formula is C26H26ClN3O4. The predicted molar refractivity (Wildman–Crippen MR) is 127 cm³/mol. The van der Waals surface area contributed by atoms with Crippen molar-refractivity contribution in [2.24, 2.45) is 0 Å². The van der Waals surface area contributed by atoms with Gasteiger partial charge in [-0.15, -0.1) is 0 Å². The molecule has 0 amide bonds. The number of rotatable bonds is 7. The number of hydrogen-bond donors (Lipinski definition) is 1. The second kappa shape index (κ2) is 8.71. The van der Waals surface area contributed by atoms with Gasteiger partial charge < -0.3 is 19.3 Å². The molecule has 1 saturated carbocycles. The van der Waals surface area contributed by atoms with E-state index in [-0.39, 0.29) is 16.7 Å². The van der Waals surface area contributed by atoms with Gasteiger partial charge in [0, 0.05) is 41.4 Å². The van der Waals surface area contributed by atoms with Crippen LogP contribution in [0.3, 0.4) is 0 Å². The number of fused-ring (bicyclic) bond motifs is 2. The fraction of sp³-hybridized carbons (Fsp3) is 0.423. The zero-order chi connectivity index (χ0) is 23.2. The summed E-state index contributed by atoms with van der Waals surface area (Å²) in [5, 5.41) is 13.9. The van der Waals surface area contributed by atoms with E-state index in [1.54, 1.807) is 6.07 Å². The van der Waals surface area contributed by atoms with Crippen LogP contribution < -0.4 is 4.90 Å². The Balaban J connectivity index is 1.17. The zero-order valence-electron chi connectivity index (χ0n) is 18.7. The van der Waals surface area contributed by atoms with E-state index in [0.29, 0.717) is 24.6 Å². The van der Waals surface area contributed by atoms with Gasteiger partial charge in [0.2, 0.25) is 0 Å². The maximum atomic E-state index is 11.3. The molecule has 6 rings (SSSR count). The third-order valence-electron chi connectivity index (χ3n) is 7.30. The van der Waals surface area contributed by atoms with E-state index >= 15 is 0 Å². The number of aromatic nitrogens is 2. The first kappa shape index (κ1) is 21.6. The van der Waals surface area contributed by atoms with Crippen molar-refractivity contribution < 1.29 is 19.2 Å². The molecule has 1 aromatic carbocycles. The van der Waals surface area contributed by atoms with Crippen LogP contribution in [0.15, 0.2) is 47.1 Å². The first-order valence-corrected chi connectivity index (χ1v) is 12.3. The Kier molecular flexibility index (Phi) is 5.54. The first-order valence-electron chi connectivity index (χ1n) is 11.9. The van der Waals surface area contributed by atoms with Gasteiger partial charge in [-0.1, -0.05) is 47.1 Å². The normalized spacial score (nSPS) is 23.9. The summed E-state index contributed by atoms with van der Waals surface area (Å²) in [6.45, 7) is 0.501. The molecule has 0 spiro atoms. The highest BCUT2D eigenvalue weighted by Crippen LogP contribution is 2.45. The standard InChI is InChI=1S/C26H26ClN3O4/c27-22-12-23(28-13-20(22)26(31)32)30-17-8-9-18(30)11-19(10-17)33-14-21-24(15-4-2-1-3-5-15)29-34-25(21)16-6-7-16/h1-5,12-13,16-19H,6-11,14H2,(H,31,32)/t17-,18?,19?/m0/s1. The summed E-state index contributed by atoms with van der Waals surface area (Å²) in [4.78, 5) is 18.0. The third kappa shape index (κ3) is 3.97. The van der Waals surface area contributed by atoms with Crippen LogP contribution in [0.4, 0.5) is 5.82 Å². The summed E-state index contributed by atoms with van der Waals surface area (Å²) >= 11 is 6.22. The lowest BCUT2D eigenvalue weighted by molar-refractivity contribution is 0.0146. The molecule has 2 unspecified atom stereocenters. The minimum absolute atomic E-state index is 0.0328. The molecule has 2 aliphatic heterocycles.